The average Bonchev–Trinajstić information content (AvgIpc) is 2.97. The highest BCUT2D eigenvalue weighted by molar-refractivity contribution is 6.03. The van der Waals surface area contributed by atoms with Crippen LogP contribution >= 0.6 is 0 Å². The first-order valence-corrected chi connectivity index (χ1v) is 13.6. The van der Waals surface area contributed by atoms with Crippen LogP contribution in [0.15, 0.2) is 78.9 Å². The molecule has 1 heterocycles. The van der Waals surface area contributed by atoms with Gasteiger partial charge < -0.3 is 31.2 Å². The van der Waals surface area contributed by atoms with Gasteiger partial charge in [0.15, 0.2) is 0 Å². The van der Waals surface area contributed by atoms with Gasteiger partial charge in [0.1, 0.15) is 11.8 Å². The highest BCUT2D eigenvalue weighted by Crippen LogP contribution is 2.25. The maximum absolute atomic E-state index is 13.3. The fourth-order valence-electron chi connectivity index (χ4n) is 4.54. The lowest BCUT2D eigenvalue weighted by Crippen LogP contribution is -2.34. The lowest BCUT2D eigenvalue weighted by atomic mass is 9.96. The molecule has 0 aliphatic carbocycles. The van der Waals surface area contributed by atoms with Gasteiger partial charge in [-0.25, -0.2) is 0 Å². The van der Waals surface area contributed by atoms with E-state index in [2.05, 4.69) is 20.7 Å². The predicted octanol–water partition coefficient (Wildman–Crippen LogP) is 5.91. The molecule has 3 aromatic carbocycles. The van der Waals surface area contributed by atoms with Gasteiger partial charge in [0, 0.05) is 25.0 Å². The zero-order valence-corrected chi connectivity index (χ0v) is 22.8. The summed E-state index contributed by atoms with van der Waals surface area (Å²) in [5.74, 6) is -0.581. The van der Waals surface area contributed by atoms with Gasteiger partial charge >= 0.3 is 6.36 Å². The quantitative estimate of drug-likeness (QED) is 0.165. The molecule has 2 amide bonds. The summed E-state index contributed by atoms with van der Waals surface area (Å²) < 4.78 is 46.8. The number of hydrogen-bond acceptors (Lipinski definition) is 6. The van der Waals surface area contributed by atoms with Crippen molar-refractivity contribution < 1.29 is 32.2 Å². The van der Waals surface area contributed by atoms with E-state index in [4.69, 9.17) is 10.5 Å². The van der Waals surface area contributed by atoms with Gasteiger partial charge in [-0.05, 0) is 85.3 Å². The molecule has 1 aliphatic rings. The summed E-state index contributed by atoms with van der Waals surface area (Å²) in [5, 5.41) is 8.82. The maximum Gasteiger partial charge on any atom is 0.573 e. The second-order valence-corrected chi connectivity index (χ2v) is 9.87. The summed E-state index contributed by atoms with van der Waals surface area (Å²) in [6.45, 7) is 2.05. The highest BCUT2D eigenvalue weighted by Gasteiger charge is 2.31. The molecule has 1 saturated heterocycles. The Labute approximate surface area is 242 Å². The van der Waals surface area contributed by atoms with Crippen molar-refractivity contribution in [3.8, 4) is 5.75 Å². The van der Waals surface area contributed by atoms with E-state index in [1.54, 1.807) is 54.6 Å². The third-order valence-electron chi connectivity index (χ3n) is 6.78. The Balaban J connectivity index is 1.42. The molecule has 4 rings (SSSR count). The molecule has 1 atom stereocenters. The highest BCUT2D eigenvalue weighted by atomic mass is 19.4. The van der Waals surface area contributed by atoms with Crippen LogP contribution < -0.4 is 26.4 Å². The third-order valence-corrected chi connectivity index (χ3v) is 6.78. The van der Waals surface area contributed by atoms with Crippen molar-refractivity contribution in [2.45, 2.75) is 31.7 Å². The number of halogens is 3. The number of carbonyl (C=O) groups excluding carboxylic acids is 2. The molecule has 11 heteroatoms. The van der Waals surface area contributed by atoms with E-state index in [9.17, 15) is 22.8 Å². The molecule has 222 valence electrons. The number of hydrogen-bond donors (Lipinski definition) is 4. The largest absolute Gasteiger partial charge is 0.573 e. The zero-order chi connectivity index (χ0) is 30.0. The lowest BCUT2D eigenvalue weighted by Gasteiger charge is -2.24. The molecule has 3 aromatic rings. The molecule has 8 nitrogen and oxygen atoms in total. The summed E-state index contributed by atoms with van der Waals surface area (Å²) in [4.78, 5) is 25.7. The van der Waals surface area contributed by atoms with Gasteiger partial charge in [-0.3, -0.25) is 9.59 Å². The van der Waals surface area contributed by atoms with Gasteiger partial charge in [-0.1, -0.05) is 36.4 Å². The van der Waals surface area contributed by atoms with Crippen LogP contribution in [0, 0.1) is 5.92 Å². The van der Waals surface area contributed by atoms with Crippen molar-refractivity contribution in [1.29, 1.82) is 0 Å². The van der Waals surface area contributed by atoms with Crippen molar-refractivity contribution in [2.75, 3.05) is 36.1 Å². The van der Waals surface area contributed by atoms with Crippen LogP contribution in [0.4, 0.5) is 30.2 Å². The summed E-state index contributed by atoms with van der Waals surface area (Å²) in [7, 11) is 0. The van der Waals surface area contributed by atoms with Crippen LogP contribution in [0.1, 0.15) is 36.4 Å². The SMILES string of the molecule is Nc1ccccc1NC(=O)/C=C/c1ccc(C(NCCC2CCOCC2)C(=O)Nc2ccc(OC(F)(F)F)cc2)cc1. The molecule has 0 bridgehead atoms. The molecule has 0 spiro atoms. The number of benzene rings is 3. The van der Waals surface area contributed by atoms with Crippen LogP contribution in [-0.2, 0) is 14.3 Å². The Hall–Kier alpha value is -4.35. The molecule has 1 fully saturated rings. The van der Waals surface area contributed by atoms with Crippen molar-refractivity contribution in [1.82, 2.24) is 5.32 Å². The Bertz CT molecular complexity index is 1360. The normalized spacial score (nSPS) is 14.8. The fourth-order valence-corrected chi connectivity index (χ4v) is 4.54. The van der Waals surface area contributed by atoms with Crippen molar-refractivity contribution in [2.24, 2.45) is 5.92 Å². The number of anilines is 3. The smallest absolute Gasteiger partial charge is 0.406 e. The van der Waals surface area contributed by atoms with Gasteiger partial charge in [-0.2, -0.15) is 0 Å². The third kappa shape index (κ3) is 9.64. The minimum atomic E-state index is -4.80. The first-order chi connectivity index (χ1) is 20.2. The minimum Gasteiger partial charge on any atom is -0.406 e. The number of para-hydroxylation sites is 2. The Kier molecular flexibility index (Phi) is 10.6. The number of nitrogens with two attached hydrogens (primary N) is 1. The van der Waals surface area contributed by atoms with Gasteiger partial charge in [-0.15, -0.1) is 13.2 Å². The van der Waals surface area contributed by atoms with Crippen LogP contribution in [0.5, 0.6) is 5.75 Å². The number of nitrogens with one attached hydrogen (secondary N) is 3. The number of amides is 2. The molecule has 0 saturated carbocycles. The average molecular weight is 583 g/mol. The Morgan fingerprint density at radius 1 is 0.976 bits per heavy atom. The van der Waals surface area contributed by atoms with Gasteiger partial charge in [0.05, 0.1) is 11.4 Å². The van der Waals surface area contributed by atoms with Crippen molar-refractivity contribution >= 4 is 35.0 Å². The number of alkyl halides is 3. The maximum atomic E-state index is 13.3. The molecule has 42 heavy (non-hydrogen) atoms. The monoisotopic (exact) mass is 582 g/mol. The van der Waals surface area contributed by atoms with Gasteiger partial charge in [0.25, 0.3) is 0 Å². The van der Waals surface area contributed by atoms with E-state index in [1.807, 2.05) is 0 Å². The van der Waals surface area contributed by atoms with E-state index >= 15 is 0 Å². The Morgan fingerprint density at radius 2 is 1.67 bits per heavy atom. The van der Waals surface area contributed by atoms with Crippen molar-refractivity contribution in [3.05, 3.63) is 90.0 Å². The number of ether oxygens (including phenoxy) is 2. The summed E-state index contributed by atoms with van der Waals surface area (Å²) in [6, 6.07) is 18.4. The zero-order valence-electron chi connectivity index (χ0n) is 22.8. The first-order valence-electron chi connectivity index (χ1n) is 13.6. The number of rotatable bonds is 11. The van der Waals surface area contributed by atoms with E-state index in [-0.39, 0.29) is 17.6 Å². The van der Waals surface area contributed by atoms with E-state index in [0.29, 0.717) is 35.1 Å². The minimum absolute atomic E-state index is 0.329. The second-order valence-electron chi connectivity index (χ2n) is 9.87. The number of nitrogen functional groups attached to an aromatic ring is 1. The molecular weight excluding hydrogens is 549 g/mol. The van der Waals surface area contributed by atoms with Crippen LogP contribution in [0.2, 0.25) is 0 Å². The van der Waals surface area contributed by atoms with E-state index in [1.165, 1.54) is 18.2 Å². The molecule has 1 aliphatic heterocycles. The van der Waals surface area contributed by atoms with E-state index in [0.717, 1.165) is 50.2 Å². The molecule has 5 N–H and O–H groups in total. The fraction of sp³-hybridized carbons (Fsp3) is 0.290. The number of carbonyl (C=O) groups is 2. The van der Waals surface area contributed by atoms with Crippen LogP contribution in [-0.4, -0.2) is 37.9 Å². The molecule has 0 radical (unpaired) electrons. The summed E-state index contributed by atoms with van der Waals surface area (Å²) >= 11 is 0. The van der Waals surface area contributed by atoms with Gasteiger partial charge in [0.2, 0.25) is 11.8 Å². The van der Waals surface area contributed by atoms with E-state index < -0.39 is 12.4 Å². The van der Waals surface area contributed by atoms with Crippen LogP contribution in [0.3, 0.4) is 0 Å². The summed E-state index contributed by atoms with van der Waals surface area (Å²) in [5.41, 5.74) is 8.62. The van der Waals surface area contributed by atoms with Crippen molar-refractivity contribution in [3.63, 3.8) is 0 Å². The second kappa shape index (κ2) is 14.5. The van der Waals surface area contributed by atoms with Crippen LogP contribution in [0.25, 0.3) is 6.08 Å². The topological polar surface area (TPSA) is 115 Å². The summed E-state index contributed by atoms with van der Waals surface area (Å²) in [6.07, 6.45) is 1.05. The lowest BCUT2D eigenvalue weighted by molar-refractivity contribution is -0.274. The molecule has 0 aromatic heterocycles. The molecule has 1 unspecified atom stereocenters. The first kappa shape index (κ1) is 30.6. The Morgan fingerprint density at radius 3 is 2.33 bits per heavy atom. The standard InChI is InChI=1S/C31H33F3N4O4/c32-31(33,34)42-25-12-10-24(11-13-25)37-30(40)29(36-18-15-22-16-19-41-20-17-22)23-8-5-21(6-9-23)7-14-28(39)38-27-4-2-1-3-26(27)35/h1-14,22,29,36H,15-20,35H2,(H,37,40)(H,38,39)/b14-7+. The molecular formula is C31H33F3N4O4. The predicted molar refractivity (Wildman–Crippen MR) is 156 cm³/mol.